The summed E-state index contributed by atoms with van der Waals surface area (Å²) in [5, 5.41) is 6.87. The Morgan fingerprint density at radius 2 is 2.15 bits per heavy atom. The van der Waals surface area contributed by atoms with Gasteiger partial charge in [-0.1, -0.05) is 6.07 Å². The lowest BCUT2D eigenvalue weighted by molar-refractivity contribution is -0.111. The van der Waals surface area contributed by atoms with Crippen LogP contribution in [0.15, 0.2) is 35.0 Å². The lowest BCUT2D eigenvalue weighted by atomic mass is 10.3. The van der Waals surface area contributed by atoms with E-state index in [1.54, 1.807) is 35.8 Å². The van der Waals surface area contributed by atoms with Crippen LogP contribution in [0.4, 0.5) is 5.00 Å². The van der Waals surface area contributed by atoms with E-state index in [-0.39, 0.29) is 5.91 Å². The van der Waals surface area contributed by atoms with Crippen LogP contribution in [0.5, 0.6) is 0 Å². The van der Waals surface area contributed by atoms with Crippen LogP contribution in [0, 0.1) is 0 Å². The molecule has 0 atom stereocenters. The van der Waals surface area contributed by atoms with Gasteiger partial charge < -0.3 is 10.1 Å². The molecule has 0 radical (unpaired) electrons. The van der Waals surface area contributed by atoms with Crippen LogP contribution in [0.25, 0.3) is 6.08 Å². The minimum absolute atomic E-state index is 0.272. The molecule has 1 N–H and O–H groups in total. The number of esters is 1. The molecule has 0 aliphatic rings. The molecule has 2 aromatic heterocycles. The maximum Gasteiger partial charge on any atom is 0.341 e. The molecule has 0 aliphatic carbocycles. The van der Waals surface area contributed by atoms with E-state index in [2.05, 4.69) is 5.32 Å². The van der Waals surface area contributed by atoms with Gasteiger partial charge in [0.2, 0.25) is 5.91 Å². The summed E-state index contributed by atoms with van der Waals surface area (Å²) in [4.78, 5) is 24.5. The number of amides is 1. The van der Waals surface area contributed by atoms with Crippen LogP contribution in [0.3, 0.4) is 0 Å². The molecule has 104 valence electrons. The Hall–Kier alpha value is -1.92. The number of hydrogen-bond donors (Lipinski definition) is 1. The van der Waals surface area contributed by atoms with Crippen molar-refractivity contribution in [1.29, 1.82) is 0 Å². The van der Waals surface area contributed by atoms with E-state index in [1.165, 1.54) is 17.4 Å². The second kappa shape index (κ2) is 7.02. The highest BCUT2D eigenvalue weighted by Crippen LogP contribution is 2.24. The van der Waals surface area contributed by atoms with E-state index in [9.17, 15) is 9.59 Å². The van der Waals surface area contributed by atoms with Gasteiger partial charge in [-0.25, -0.2) is 4.79 Å². The number of carbonyl (C=O) groups is 2. The van der Waals surface area contributed by atoms with Gasteiger partial charge in [-0.05, 0) is 35.9 Å². The third-order valence-electron chi connectivity index (χ3n) is 2.34. The summed E-state index contributed by atoms with van der Waals surface area (Å²) in [7, 11) is 0. The first-order chi connectivity index (χ1) is 9.70. The zero-order valence-electron chi connectivity index (χ0n) is 10.8. The molecule has 2 aromatic rings. The Bertz CT molecular complexity index is 614. The molecule has 0 unspecified atom stereocenters. The minimum Gasteiger partial charge on any atom is -0.462 e. The first-order valence-corrected chi connectivity index (χ1v) is 7.74. The number of thiophene rings is 2. The number of nitrogens with one attached hydrogen (secondary N) is 1. The smallest absolute Gasteiger partial charge is 0.341 e. The Balaban J connectivity index is 2.01. The van der Waals surface area contributed by atoms with Crippen LogP contribution in [-0.4, -0.2) is 18.5 Å². The van der Waals surface area contributed by atoms with Crippen molar-refractivity contribution < 1.29 is 14.3 Å². The molecule has 1 amide bonds. The van der Waals surface area contributed by atoms with Crippen LogP contribution in [0.2, 0.25) is 0 Å². The van der Waals surface area contributed by atoms with Crippen molar-refractivity contribution in [3.05, 3.63) is 45.5 Å². The molecular formula is C14H13NO3S2. The molecule has 6 heteroatoms. The van der Waals surface area contributed by atoms with Crippen molar-refractivity contribution in [2.45, 2.75) is 6.92 Å². The Morgan fingerprint density at radius 3 is 2.85 bits per heavy atom. The van der Waals surface area contributed by atoms with Gasteiger partial charge in [0.1, 0.15) is 5.00 Å². The lowest BCUT2D eigenvalue weighted by Gasteiger charge is -2.03. The van der Waals surface area contributed by atoms with E-state index in [1.807, 2.05) is 17.5 Å². The van der Waals surface area contributed by atoms with Gasteiger partial charge in [0.05, 0.1) is 12.2 Å². The molecule has 0 spiro atoms. The van der Waals surface area contributed by atoms with Gasteiger partial charge >= 0.3 is 5.97 Å². The van der Waals surface area contributed by atoms with Gasteiger partial charge in [0, 0.05) is 11.0 Å². The Kier molecular flexibility index (Phi) is 5.09. The number of anilines is 1. The van der Waals surface area contributed by atoms with E-state index >= 15 is 0 Å². The second-order valence-electron chi connectivity index (χ2n) is 3.72. The maximum absolute atomic E-state index is 11.8. The summed E-state index contributed by atoms with van der Waals surface area (Å²) in [5.74, 6) is -0.697. The van der Waals surface area contributed by atoms with Crippen LogP contribution in [0.1, 0.15) is 22.2 Å². The summed E-state index contributed by atoms with van der Waals surface area (Å²) >= 11 is 2.84. The van der Waals surface area contributed by atoms with E-state index in [0.717, 1.165) is 4.88 Å². The largest absolute Gasteiger partial charge is 0.462 e. The summed E-state index contributed by atoms with van der Waals surface area (Å²) in [6.07, 6.45) is 3.18. The van der Waals surface area contributed by atoms with E-state index in [0.29, 0.717) is 17.2 Å². The number of carbonyl (C=O) groups excluding carboxylic acids is 2. The molecule has 2 heterocycles. The number of hydrogen-bond acceptors (Lipinski definition) is 5. The molecule has 2 rings (SSSR count). The predicted octanol–water partition coefficient (Wildman–Crippen LogP) is 3.64. The van der Waals surface area contributed by atoms with Gasteiger partial charge in [0.25, 0.3) is 0 Å². The lowest BCUT2D eigenvalue weighted by Crippen LogP contribution is -2.11. The molecule has 4 nitrogen and oxygen atoms in total. The van der Waals surface area contributed by atoms with E-state index < -0.39 is 5.97 Å². The number of rotatable bonds is 5. The van der Waals surface area contributed by atoms with Crippen molar-refractivity contribution in [3.8, 4) is 0 Å². The topological polar surface area (TPSA) is 55.4 Å². The highest BCUT2D eigenvalue weighted by Gasteiger charge is 2.14. The Morgan fingerprint density at radius 1 is 1.30 bits per heavy atom. The summed E-state index contributed by atoms with van der Waals surface area (Å²) in [6, 6.07) is 5.48. The van der Waals surface area contributed by atoms with Crippen molar-refractivity contribution in [3.63, 3.8) is 0 Å². The van der Waals surface area contributed by atoms with Crippen LogP contribution >= 0.6 is 22.7 Å². The first-order valence-electron chi connectivity index (χ1n) is 5.98. The van der Waals surface area contributed by atoms with Crippen molar-refractivity contribution in [2.75, 3.05) is 11.9 Å². The second-order valence-corrected chi connectivity index (χ2v) is 5.62. The third kappa shape index (κ3) is 3.79. The molecule has 0 saturated carbocycles. The van der Waals surface area contributed by atoms with Gasteiger partial charge in [-0.3, -0.25) is 4.79 Å². The van der Waals surface area contributed by atoms with Crippen molar-refractivity contribution in [2.24, 2.45) is 0 Å². The normalized spacial score (nSPS) is 10.7. The first kappa shape index (κ1) is 14.5. The molecule has 0 aliphatic heterocycles. The molecule has 0 saturated heterocycles. The molecule has 0 fully saturated rings. The fourth-order valence-electron chi connectivity index (χ4n) is 1.47. The van der Waals surface area contributed by atoms with Gasteiger partial charge in [0.15, 0.2) is 0 Å². The highest BCUT2D eigenvalue weighted by molar-refractivity contribution is 7.14. The summed E-state index contributed by atoms with van der Waals surface area (Å²) in [6.45, 7) is 2.05. The predicted molar refractivity (Wildman–Crippen MR) is 82.3 cm³/mol. The third-order valence-corrected chi connectivity index (χ3v) is 4.01. The van der Waals surface area contributed by atoms with Crippen LogP contribution in [-0.2, 0) is 9.53 Å². The maximum atomic E-state index is 11.8. The molecule has 20 heavy (non-hydrogen) atoms. The van der Waals surface area contributed by atoms with Crippen molar-refractivity contribution >= 4 is 45.6 Å². The van der Waals surface area contributed by atoms with Gasteiger partial charge in [-0.2, -0.15) is 0 Å². The monoisotopic (exact) mass is 307 g/mol. The zero-order chi connectivity index (χ0) is 14.4. The standard InChI is InChI=1S/C14H13NO3S2/c1-2-18-14(17)11-7-9-20-13(11)15-12(16)6-5-10-4-3-8-19-10/h3-9H,2H2,1H3,(H,15,16). The highest BCUT2D eigenvalue weighted by atomic mass is 32.1. The molecular weight excluding hydrogens is 294 g/mol. The fourth-order valence-corrected chi connectivity index (χ4v) is 2.87. The van der Waals surface area contributed by atoms with E-state index in [4.69, 9.17) is 4.74 Å². The Labute approximate surface area is 124 Å². The minimum atomic E-state index is -0.425. The summed E-state index contributed by atoms with van der Waals surface area (Å²) in [5.41, 5.74) is 0.384. The van der Waals surface area contributed by atoms with Crippen molar-refractivity contribution in [1.82, 2.24) is 0 Å². The van der Waals surface area contributed by atoms with Gasteiger partial charge in [-0.15, -0.1) is 22.7 Å². The summed E-state index contributed by atoms with van der Waals surface area (Å²) < 4.78 is 4.93. The molecule has 0 bridgehead atoms. The SMILES string of the molecule is CCOC(=O)c1ccsc1NC(=O)C=Cc1cccs1. The molecule has 0 aromatic carbocycles. The number of ether oxygens (including phenoxy) is 1. The van der Waals surface area contributed by atoms with Crippen LogP contribution < -0.4 is 5.32 Å². The fraction of sp³-hybridized carbons (Fsp3) is 0.143. The average Bonchev–Trinajstić information content (AvgIpc) is 3.07. The average molecular weight is 307 g/mol. The zero-order valence-corrected chi connectivity index (χ0v) is 12.4. The quantitative estimate of drug-likeness (QED) is 0.678.